The van der Waals surface area contributed by atoms with E-state index in [-0.39, 0.29) is 29.1 Å². The summed E-state index contributed by atoms with van der Waals surface area (Å²) in [6, 6.07) is 4.40. The van der Waals surface area contributed by atoms with Crippen molar-refractivity contribution in [3.05, 3.63) is 40.1 Å². The number of nitrogens with one attached hydrogen (secondary N) is 2. The second-order valence-electron chi connectivity index (χ2n) is 6.48. The monoisotopic (exact) mass is 464 g/mol. The fourth-order valence-corrected chi connectivity index (χ4v) is 3.07. The molecule has 1 aromatic heterocycles. The molecule has 2 N–H and O–H groups in total. The number of halogens is 5. The number of hydrogen-bond acceptors (Lipinski definition) is 6. The molecule has 1 fully saturated rings. The van der Waals surface area contributed by atoms with Crippen LogP contribution in [0.3, 0.4) is 0 Å². The van der Waals surface area contributed by atoms with E-state index in [1.165, 1.54) is 18.2 Å². The number of rotatable bonds is 5. The maximum absolute atomic E-state index is 13.4. The second-order valence-corrected chi connectivity index (χ2v) is 7.32. The third-order valence-corrected chi connectivity index (χ3v) is 4.84. The maximum atomic E-state index is 13.4. The normalized spacial score (nSPS) is 15.0. The third-order valence-electron chi connectivity index (χ3n) is 4.28. The van der Waals surface area contributed by atoms with Crippen LogP contribution in [0.2, 0.25) is 10.0 Å². The first-order valence-corrected chi connectivity index (χ1v) is 9.67. The van der Waals surface area contributed by atoms with Crippen molar-refractivity contribution in [2.45, 2.75) is 19.0 Å². The Kier molecular flexibility index (Phi) is 7.22. The van der Waals surface area contributed by atoms with Gasteiger partial charge in [-0.1, -0.05) is 23.2 Å². The van der Waals surface area contributed by atoms with Gasteiger partial charge < -0.3 is 20.1 Å². The molecule has 0 atom stereocenters. The highest BCUT2D eigenvalue weighted by Crippen LogP contribution is 2.36. The Morgan fingerprint density at radius 1 is 1.27 bits per heavy atom. The Balaban J connectivity index is 1.72. The lowest BCUT2D eigenvalue weighted by Gasteiger charge is -2.22. The summed E-state index contributed by atoms with van der Waals surface area (Å²) in [7, 11) is 0. The van der Waals surface area contributed by atoms with Gasteiger partial charge in [0.1, 0.15) is 0 Å². The molecule has 0 radical (unpaired) electrons. The van der Waals surface area contributed by atoms with Crippen molar-refractivity contribution in [1.29, 1.82) is 0 Å². The molecule has 0 aliphatic carbocycles. The van der Waals surface area contributed by atoms with Crippen LogP contribution in [0.15, 0.2) is 24.4 Å². The summed E-state index contributed by atoms with van der Waals surface area (Å²) in [6.07, 6.45) is -3.62. The molecule has 3 rings (SSSR count). The maximum Gasteiger partial charge on any atom is 0.437 e. The molecule has 12 heteroatoms. The van der Waals surface area contributed by atoms with E-state index < -0.39 is 23.7 Å². The molecule has 1 saturated heterocycles. The van der Waals surface area contributed by atoms with Gasteiger partial charge >= 0.3 is 12.3 Å². The van der Waals surface area contributed by atoms with Gasteiger partial charge in [0.05, 0.1) is 16.9 Å². The van der Waals surface area contributed by atoms with Crippen molar-refractivity contribution < 1.29 is 27.4 Å². The number of alkyl halides is 3. The lowest BCUT2D eigenvalue weighted by atomic mass is 10.0. The van der Waals surface area contributed by atoms with E-state index in [1.807, 2.05) is 0 Å². The number of carbonyl (C=O) groups excluding carboxylic acids is 1. The zero-order valence-electron chi connectivity index (χ0n) is 15.4. The lowest BCUT2D eigenvalue weighted by molar-refractivity contribution is -0.142. The topological polar surface area (TPSA) is 85.4 Å². The number of carbonyl (C=O) groups is 1. The minimum absolute atomic E-state index is 0.179. The molecule has 2 heterocycles. The van der Waals surface area contributed by atoms with Gasteiger partial charge in [-0.3, -0.25) is 0 Å². The van der Waals surface area contributed by atoms with Gasteiger partial charge in [0.25, 0.3) is 0 Å². The molecule has 1 aliphatic rings. The van der Waals surface area contributed by atoms with Crippen LogP contribution in [-0.2, 0) is 10.9 Å². The zero-order chi connectivity index (χ0) is 21.7. The van der Waals surface area contributed by atoms with Crippen LogP contribution >= 0.6 is 23.2 Å². The molecule has 1 aliphatic heterocycles. The SMILES string of the molecule is O=C(NCC1CCOCC1)Oc1cnc(Nc2cc(Cl)ccc2Cl)nc1C(F)(F)F. The quantitative estimate of drug-likeness (QED) is 0.642. The number of aromatic nitrogens is 2. The fourth-order valence-electron chi connectivity index (χ4n) is 2.74. The van der Waals surface area contributed by atoms with Crippen LogP contribution in [0.5, 0.6) is 5.75 Å². The highest BCUT2D eigenvalue weighted by Gasteiger charge is 2.38. The highest BCUT2D eigenvalue weighted by atomic mass is 35.5. The van der Waals surface area contributed by atoms with Gasteiger partial charge in [-0.25, -0.2) is 14.8 Å². The first-order chi connectivity index (χ1) is 14.2. The summed E-state index contributed by atoms with van der Waals surface area (Å²) in [6.45, 7) is 1.44. The number of ether oxygens (including phenoxy) is 2. The Bertz CT molecular complexity index is 909. The minimum atomic E-state index is -4.88. The van der Waals surface area contributed by atoms with Crippen molar-refractivity contribution in [2.24, 2.45) is 5.92 Å². The van der Waals surface area contributed by atoms with Crippen molar-refractivity contribution in [3.63, 3.8) is 0 Å². The van der Waals surface area contributed by atoms with Crippen molar-refractivity contribution in [1.82, 2.24) is 15.3 Å². The lowest BCUT2D eigenvalue weighted by Crippen LogP contribution is -2.34. The average molecular weight is 465 g/mol. The minimum Gasteiger partial charge on any atom is -0.406 e. The Morgan fingerprint density at radius 2 is 2.00 bits per heavy atom. The van der Waals surface area contributed by atoms with Crippen LogP contribution in [0.1, 0.15) is 18.5 Å². The Morgan fingerprint density at radius 3 is 2.70 bits per heavy atom. The summed E-state index contributed by atoms with van der Waals surface area (Å²) >= 11 is 11.9. The van der Waals surface area contributed by atoms with Gasteiger partial charge in [-0.2, -0.15) is 13.2 Å². The average Bonchev–Trinajstić information content (AvgIpc) is 2.70. The van der Waals surface area contributed by atoms with E-state index >= 15 is 0 Å². The van der Waals surface area contributed by atoms with E-state index in [2.05, 4.69) is 20.6 Å². The molecular formula is C18H17Cl2F3N4O3. The van der Waals surface area contributed by atoms with Crippen molar-refractivity contribution in [3.8, 4) is 5.75 Å². The number of benzene rings is 1. The van der Waals surface area contributed by atoms with E-state index in [9.17, 15) is 18.0 Å². The molecule has 7 nitrogen and oxygen atoms in total. The molecule has 162 valence electrons. The molecule has 0 unspecified atom stereocenters. The predicted molar refractivity (Wildman–Crippen MR) is 104 cm³/mol. The van der Waals surface area contributed by atoms with Crippen LogP contribution in [0.25, 0.3) is 0 Å². The highest BCUT2D eigenvalue weighted by molar-refractivity contribution is 6.35. The van der Waals surface area contributed by atoms with Crippen LogP contribution in [0, 0.1) is 5.92 Å². The van der Waals surface area contributed by atoms with Gasteiger partial charge in [0, 0.05) is 24.8 Å². The Hall–Kier alpha value is -2.30. The van der Waals surface area contributed by atoms with Gasteiger partial charge in [-0.15, -0.1) is 0 Å². The third kappa shape index (κ3) is 6.10. The zero-order valence-corrected chi connectivity index (χ0v) is 16.9. The predicted octanol–water partition coefficient (Wildman–Crippen LogP) is 5.06. The summed E-state index contributed by atoms with van der Waals surface area (Å²) in [5, 5.41) is 5.56. The van der Waals surface area contributed by atoms with Crippen LogP contribution < -0.4 is 15.4 Å². The van der Waals surface area contributed by atoms with Gasteiger partial charge in [-0.05, 0) is 37.0 Å². The van der Waals surface area contributed by atoms with E-state index in [4.69, 9.17) is 32.7 Å². The standard InChI is InChI=1S/C18H17Cl2F3N4O3/c19-11-1-2-12(20)13(7-11)26-16-24-9-14(15(27-16)18(21,22)23)30-17(28)25-8-10-3-5-29-6-4-10/h1-2,7,9-10H,3-6,8H2,(H,25,28)(H,24,26,27). The van der Waals surface area contributed by atoms with E-state index in [1.54, 1.807) is 0 Å². The number of anilines is 2. The molecule has 0 bridgehead atoms. The van der Waals surface area contributed by atoms with Gasteiger partial charge in [0.15, 0.2) is 11.4 Å². The van der Waals surface area contributed by atoms with Crippen molar-refractivity contribution >= 4 is 40.9 Å². The summed E-state index contributed by atoms with van der Waals surface area (Å²) in [4.78, 5) is 19.2. The fraction of sp³-hybridized carbons (Fsp3) is 0.389. The van der Waals surface area contributed by atoms with E-state index in [0.29, 0.717) is 18.2 Å². The van der Waals surface area contributed by atoms with Crippen LogP contribution in [-0.4, -0.2) is 35.8 Å². The molecule has 0 saturated carbocycles. The summed E-state index contributed by atoms with van der Waals surface area (Å²) < 4.78 is 50.4. The first kappa shape index (κ1) is 22.4. The first-order valence-electron chi connectivity index (χ1n) is 8.92. The molecular weight excluding hydrogens is 448 g/mol. The second kappa shape index (κ2) is 9.67. The molecule has 1 amide bonds. The number of hydrogen-bond donors (Lipinski definition) is 2. The van der Waals surface area contributed by atoms with E-state index in [0.717, 1.165) is 19.0 Å². The molecule has 0 spiro atoms. The Labute approximate surface area is 179 Å². The van der Waals surface area contributed by atoms with Crippen LogP contribution in [0.4, 0.5) is 29.6 Å². The van der Waals surface area contributed by atoms with Gasteiger partial charge in [0.2, 0.25) is 5.95 Å². The number of amides is 1. The summed E-state index contributed by atoms with van der Waals surface area (Å²) in [5.41, 5.74) is -1.18. The number of nitrogens with zero attached hydrogens (tertiary/aromatic N) is 2. The molecule has 2 aromatic rings. The van der Waals surface area contributed by atoms with Crippen molar-refractivity contribution in [2.75, 3.05) is 25.1 Å². The molecule has 1 aromatic carbocycles. The smallest absolute Gasteiger partial charge is 0.406 e. The molecule has 30 heavy (non-hydrogen) atoms. The summed E-state index contributed by atoms with van der Waals surface area (Å²) in [5.74, 6) is -1.02. The largest absolute Gasteiger partial charge is 0.437 e.